The van der Waals surface area contributed by atoms with Gasteiger partial charge in [-0.15, -0.1) is 0 Å². The highest BCUT2D eigenvalue weighted by molar-refractivity contribution is 5.37. The molecule has 0 bridgehead atoms. The quantitative estimate of drug-likeness (QED) is 0.840. The SMILES string of the molecule is Cc1ccccc1CCNc1ccnc(N)n1. The molecule has 1 aromatic heterocycles. The lowest BCUT2D eigenvalue weighted by atomic mass is 10.1. The minimum atomic E-state index is 0.297. The number of nitrogens with zero attached hydrogens (tertiary/aromatic N) is 2. The Labute approximate surface area is 101 Å². The van der Waals surface area contributed by atoms with Crippen molar-refractivity contribution in [3.63, 3.8) is 0 Å². The van der Waals surface area contributed by atoms with E-state index in [2.05, 4.69) is 46.5 Å². The number of nitrogens with two attached hydrogens (primary N) is 1. The highest BCUT2D eigenvalue weighted by Gasteiger charge is 1.98. The highest BCUT2D eigenvalue weighted by atomic mass is 15.1. The summed E-state index contributed by atoms with van der Waals surface area (Å²) in [5, 5.41) is 3.23. The molecule has 4 nitrogen and oxygen atoms in total. The summed E-state index contributed by atoms with van der Waals surface area (Å²) >= 11 is 0. The van der Waals surface area contributed by atoms with Gasteiger partial charge < -0.3 is 11.1 Å². The fourth-order valence-corrected chi connectivity index (χ4v) is 1.69. The molecule has 0 saturated carbocycles. The summed E-state index contributed by atoms with van der Waals surface area (Å²) in [5.74, 6) is 1.07. The number of anilines is 2. The molecule has 2 rings (SSSR count). The first-order valence-electron chi connectivity index (χ1n) is 5.62. The van der Waals surface area contributed by atoms with Gasteiger partial charge in [0.2, 0.25) is 5.95 Å². The molecule has 0 aliphatic heterocycles. The third kappa shape index (κ3) is 3.17. The van der Waals surface area contributed by atoms with Crippen molar-refractivity contribution in [2.75, 3.05) is 17.6 Å². The fraction of sp³-hybridized carbons (Fsp3) is 0.231. The number of aryl methyl sites for hydroxylation is 1. The first kappa shape index (κ1) is 11.4. The molecule has 88 valence electrons. The Bertz CT molecular complexity index is 496. The van der Waals surface area contributed by atoms with Crippen LogP contribution in [0.2, 0.25) is 0 Å². The largest absolute Gasteiger partial charge is 0.370 e. The molecular weight excluding hydrogens is 212 g/mol. The van der Waals surface area contributed by atoms with Crippen LogP contribution in [-0.2, 0) is 6.42 Å². The van der Waals surface area contributed by atoms with E-state index >= 15 is 0 Å². The van der Waals surface area contributed by atoms with Crippen LogP contribution in [0.1, 0.15) is 11.1 Å². The third-order valence-electron chi connectivity index (χ3n) is 2.64. The molecule has 3 N–H and O–H groups in total. The zero-order chi connectivity index (χ0) is 12.1. The Kier molecular flexibility index (Phi) is 3.55. The molecule has 2 aromatic rings. The number of nitrogens with one attached hydrogen (secondary N) is 1. The van der Waals surface area contributed by atoms with Gasteiger partial charge in [0.15, 0.2) is 0 Å². The minimum Gasteiger partial charge on any atom is -0.370 e. The number of rotatable bonds is 4. The Hall–Kier alpha value is -2.10. The van der Waals surface area contributed by atoms with Gasteiger partial charge >= 0.3 is 0 Å². The van der Waals surface area contributed by atoms with Gasteiger partial charge in [-0.05, 0) is 30.5 Å². The van der Waals surface area contributed by atoms with Gasteiger partial charge in [0.1, 0.15) is 5.82 Å². The first-order valence-corrected chi connectivity index (χ1v) is 5.62. The van der Waals surface area contributed by atoms with E-state index in [1.807, 2.05) is 6.07 Å². The van der Waals surface area contributed by atoms with E-state index in [4.69, 9.17) is 5.73 Å². The Morgan fingerprint density at radius 2 is 2.06 bits per heavy atom. The van der Waals surface area contributed by atoms with E-state index < -0.39 is 0 Å². The van der Waals surface area contributed by atoms with Gasteiger partial charge in [-0.3, -0.25) is 0 Å². The van der Waals surface area contributed by atoms with Gasteiger partial charge in [0, 0.05) is 12.7 Å². The first-order chi connectivity index (χ1) is 8.25. The average molecular weight is 228 g/mol. The Balaban J connectivity index is 1.90. The number of hydrogen-bond acceptors (Lipinski definition) is 4. The van der Waals surface area contributed by atoms with Crippen LogP contribution in [0.15, 0.2) is 36.5 Å². The zero-order valence-corrected chi connectivity index (χ0v) is 9.85. The molecule has 0 unspecified atom stereocenters. The molecule has 17 heavy (non-hydrogen) atoms. The number of nitrogen functional groups attached to an aromatic ring is 1. The van der Waals surface area contributed by atoms with Crippen molar-refractivity contribution in [2.24, 2.45) is 0 Å². The van der Waals surface area contributed by atoms with Crippen molar-refractivity contribution in [3.05, 3.63) is 47.7 Å². The molecule has 1 heterocycles. The smallest absolute Gasteiger partial charge is 0.221 e. The van der Waals surface area contributed by atoms with Crippen molar-refractivity contribution < 1.29 is 0 Å². The summed E-state index contributed by atoms with van der Waals surface area (Å²) < 4.78 is 0. The molecule has 0 amide bonds. The summed E-state index contributed by atoms with van der Waals surface area (Å²) in [4.78, 5) is 7.93. The Morgan fingerprint density at radius 3 is 2.82 bits per heavy atom. The van der Waals surface area contributed by atoms with Crippen LogP contribution in [0.25, 0.3) is 0 Å². The van der Waals surface area contributed by atoms with Crippen LogP contribution >= 0.6 is 0 Å². The number of aromatic nitrogens is 2. The molecule has 0 radical (unpaired) electrons. The topological polar surface area (TPSA) is 63.8 Å². The molecule has 0 aliphatic rings. The predicted molar refractivity (Wildman–Crippen MR) is 69.8 cm³/mol. The Morgan fingerprint density at radius 1 is 1.24 bits per heavy atom. The second-order valence-electron chi connectivity index (χ2n) is 3.90. The monoisotopic (exact) mass is 228 g/mol. The second-order valence-corrected chi connectivity index (χ2v) is 3.90. The number of benzene rings is 1. The highest BCUT2D eigenvalue weighted by Crippen LogP contribution is 2.08. The summed E-state index contributed by atoms with van der Waals surface area (Å²) in [5.41, 5.74) is 8.17. The molecule has 0 fully saturated rings. The molecule has 0 aliphatic carbocycles. The third-order valence-corrected chi connectivity index (χ3v) is 2.64. The minimum absolute atomic E-state index is 0.297. The van der Waals surface area contributed by atoms with Gasteiger partial charge in [0.05, 0.1) is 0 Å². The van der Waals surface area contributed by atoms with Crippen molar-refractivity contribution in [3.8, 4) is 0 Å². The molecule has 1 aromatic carbocycles. The van der Waals surface area contributed by atoms with Crippen molar-refractivity contribution in [1.29, 1.82) is 0 Å². The summed E-state index contributed by atoms with van der Waals surface area (Å²) in [6, 6.07) is 10.2. The van der Waals surface area contributed by atoms with E-state index in [0.29, 0.717) is 5.95 Å². The fourth-order valence-electron chi connectivity index (χ4n) is 1.69. The zero-order valence-electron chi connectivity index (χ0n) is 9.85. The predicted octanol–water partition coefficient (Wildman–Crippen LogP) is 2.02. The van der Waals surface area contributed by atoms with Gasteiger partial charge in [-0.2, -0.15) is 4.98 Å². The van der Waals surface area contributed by atoms with E-state index in [9.17, 15) is 0 Å². The van der Waals surface area contributed by atoms with E-state index in [1.165, 1.54) is 11.1 Å². The van der Waals surface area contributed by atoms with Crippen molar-refractivity contribution in [1.82, 2.24) is 9.97 Å². The van der Waals surface area contributed by atoms with Crippen LogP contribution in [0.3, 0.4) is 0 Å². The standard InChI is InChI=1S/C13H16N4/c1-10-4-2-3-5-11(10)6-8-15-12-7-9-16-13(14)17-12/h2-5,7,9H,6,8H2,1H3,(H3,14,15,16,17). The molecule has 0 saturated heterocycles. The summed E-state index contributed by atoms with van der Waals surface area (Å²) in [6.45, 7) is 2.96. The summed E-state index contributed by atoms with van der Waals surface area (Å²) in [6.07, 6.45) is 2.62. The van der Waals surface area contributed by atoms with E-state index in [1.54, 1.807) is 6.20 Å². The lowest BCUT2D eigenvalue weighted by molar-refractivity contribution is 0.990. The lowest BCUT2D eigenvalue weighted by Gasteiger charge is -2.07. The van der Waals surface area contributed by atoms with Gasteiger partial charge in [-0.1, -0.05) is 24.3 Å². The van der Waals surface area contributed by atoms with Crippen LogP contribution in [0.5, 0.6) is 0 Å². The van der Waals surface area contributed by atoms with Crippen LogP contribution in [-0.4, -0.2) is 16.5 Å². The molecular formula is C13H16N4. The summed E-state index contributed by atoms with van der Waals surface area (Å²) in [7, 11) is 0. The van der Waals surface area contributed by atoms with Crippen LogP contribution < -0.4 is 11.1 Å². The molecule has 0 atom stereocenters. The molecule has 4 heteroatoms. The van der Waals surface area contributed by atoms with E-state index in [-0.39, 0.29) is 0 Å². The lowest BCUT2D eigenvalue weighted by Crippen LogP contribution is -2.08. The van der Waals surface area contributed by atoms with Crippen molar-refractivity contribution >= 4 is 11.8 Å². The van der Waals surface area contributed by atoms with Gasteiger partial charge in [-0.25, -0.2) is 4.98 Å². The maximum absolute atomic E-state index is 5.50. The van der Waals surface area contributed by atoms with Crippen molar-refractivity contribution in [2.45, 2.75) is 13.3 Å². The van der Waals surface area contributed by atoms with Gasteiger partial charge in [0.25, 0.3) is 0 Å². The maximum Gasteiger partial charge on any atom is 0.221 e. The molecule has 0 spiro atoms. The maximum atomic E-state index is 5.50. The second kappa shape index (κ2) is 5.30. The number of hydrogen-bond donors (Lipinski definition) is 2. The van der Waals surface area contributed by atoms with Crippen LogP contribution in [0.4, 0.5) is 11.8 Å². The van der Waals surface area contributed by atoms with Crippen LogP contribution in [0, 0.1) is 6.92 Å². The van der Waals surface area contributed by atoms with E-state index in [0.717, 1.165) is 18.8 Å². The average Bonchev–Trinajstić information content (AvgIpc) is 2.32. The normalized spacial score (nSPS) is 10.2.